The fraction of sp³-hybridized carbons (Fsp3) is 0.600. The van der Waals surface area contributed by atoms with E-state index in [0.717, 1.165) is 18.6 Å². The maximum atomic E-state index is 11.1. The predicted octanol–water partition coefficient (Wildman–Crippen LogP) is 2.37. The molecule has 0 aliphatic rings. The fourth-order valence-corrected chi connectivity index (χ4v) is 2.94. The standard InChI is InChI=1S/C15H25NO2S/c1-12(16-13(2)11-19(4)17)5-6-14-7-9-15(18-3)10-8-14/h7-10,12-13,16H,5-6,11H2,1-4H3. The minimum atomic E-state index is -0.732. The number of ether oxygens (including phenoxy) is 1. The molecule has 3 unspecified atom stereocenters. The van der Waals surface area contributed by atoms with Gasteiger partial charge in [-0.25, -0.2) is 0 Å². The molecule has 3 nitrogen and oxygen atoms in total. The summed E-state index contributed by atoms with van der Waals surface area (Å²) in [4.78, 5) is 0. The van der Waals surface area contributed by atoms with Crippen LogP contribution in [-0.4, -0.2) is 35.4 Å². The van der Waals surface area contributed by atoms with Crippen LogP contribution in [-0.2, 0) is 17.2 Å². The van der Waals surface area contributed by atoms with Crippen molar-refractivity contribution < 1.29 is 8.95 Å². The number of benzene rings is 1. The SMILES string of the molecule is COc1ccc(CCC(C)NC(C)CS(C)=O)cc1. The van der Waals surface area contributed by atoms with Gasteiger partial charge in [-0.05, 0) is 44.4 Å². The van der Waals surface area contributed by atoms with Gasteiger partial charge < -0.3 is 10.1 Å². The Hall–Kier alpha value is -0.870. The van der Waals surface area contributed by atoms with Gasteiger partial charge in [0.2, 0.25) is 0 Å². The molecule has 0 aliphatic heterocycles. The molecule has 4 heteroatoms. The third-order valence-corrected chi connectivity index (χ3v) is 4.05. The maximum Gasteiger partial charge on any atom is 0.118 e. The van der Waals surface area contributed by atoms with Crippen molar-refractivity contribution in [1.29, 1.82) is 0 Å². The molecule has 0 aromatic heterocycles. The van der Waals surface area contributed by atoms with E-state index >= 15 is 0 Å². The lowest BCUT2D eigenvalue weighted by molar-refractivity contribution is 0.414. The van der Waals surface area contributed by atoms with E-state index in [4.69, 9.17) is 4.74 Å². The molecule has 0 radical (unpaired) electrons. The summed E-state index contributed by atoms with van der Waals surface area (Å²) in [6.45, 7) is 4.27. The summed E-state index contributed by atoms with van der Waals surface area (Å²) in [5, 5.41) is 3.49. The minimum Gasteiger partial charge on any atom is -0.497 e. The first kappa shape index (κ1) is 16.2. The lowest BCUT2D eigenvalue weighted by Crippen LogP contribution is -2.38. The summed E-state index contributed by atoms with van der Waals surface area (Å²) in [7, 11) is 0.948. The second-order valence-electron chi connectivity index (χ2n) is 5.10. The van der Waals surface area contributed by atoms with Gasteiger partial charge in [0, 0.05) is 34.9 Å². The largest absolute Gasteiger partial charge is 0.497 e. The smallest absolute Gasteiger partial charge is 0.118 e. The van der Waals surface area contributed by atoms with E-state index in [9.17, 15) is 4.21 Å². The van der Waals surface area contributed by atoms with E-state index < -0.39 is 10.8 Å². The zero-order valence-corrected chi connectivity index (χ0v) is 13.1. The second kappa shape index (κ2) is 8.33. The Bertz CT molecular complexity index is 392. The van der Waals surface area contributed by atoms with Crippen molar-refractivity contribution in [2.45, 2.75) is 38.8 Å². The molecule has 0 saturated carbocycles. The van der Waals surface area contributed by atoms with Gasteiger partial charge in [0.25, 0.3) is 0 Å². The van der Waals surface area contributed by atoms with E-state index in [0.29, 0.717) is 17.8 Å². The van der Waals surface area contributed by atoms with Gasteiger partial charge in [0.1, 0.15) is 5.75 Å². The van der Waals surface area contributed by atoms with Crippen molar-refractivity contribution in [3.63, 3.8) is 0 Å². The Labute approximate surface area is 119 Å². The molecular formula is C15H25NO2S. The molecule has 108 valence electrons. The number of nitrogens with one attached hydrogen (secondary N) is 1. The molecule has 1 N–H and O–H groups in total. The fourth-order valence-electron chi connectivity index (χ4n) is 2.14. The van der Waals surface area contributed by atoms with Crippen LogP contribution in [0.25, 0.3) is 0 Å². The third kappa shape index (κ3) is 6.73. The zero-order chi connectivity index (χ0) is 14.3. The number of rotatable bonds is 8. The van der Waals surface area contributed by atoms with Crippen LogP contribution in [0.15, 0.2) is 24.3 Å². The quantitative estimate of drug-likeness (QED) is 0.796. The molecular weight excluding hydrogens is 258 g/mol. The number of hydrogen-bond acceptors (Lipinski definition) is 3. The Morgan fingerprint density at radius 2 is 1.84 bits per heavy atom. The Morgan fingerprint density at radius 1 is 1.21 bits per heavy atom. The second-order valence-corrected chi connectivity index (χ2v) is 6.58. The van der Waals surface area contributed by atoms with Crippen molar-refractivity contribution in [3.05, 3.63) is 29.8 Å². The van der Waals surface area contributed by atoms with Gasteiger partial charge in [0.15, 0.2) is 0 Å². The molecule has 0 spiro atoms. The van der Waals surface area contributed by atoms with Crippen LogP contribution in [0.3, 0.4) is 0 Å². The van der Waals surface area contributed by atoms with Crippen molar-refractivity contribution in [2.24, 2.45) is 0 Å². The molecule has 0 heterocycles. The average Bonchev–Trinajstić information content (AvgIpc) is 2.36. The van der Waals surface area contributed by atoms with Gasteiger partial charge in [0.05, 0.1) is 7.11 Å². The van der Waals surface area contributed by atoms with Crippen molar-refractivity contribution in [2.75, 3.05) is 19.1 Å². The molecule has 3 atom stereocenters. The van der Waals surface area contributed by atoms with Crippen LogP contribution in [0.5, 0.6) is 5.75 Å². The first-order chi connectivity index (χ1) is 9.01. The Kier molecular flexibility index (Phi) is 7.10. The van der Waals surface area contributed by atoms with Crippen molar-refractivity contribution in [3.8, 4) is 5.75 Å². The topological polar surface area (TPSA) is 38.3 Å². The molecule has 19 heavy (non-hydrogen) atoms. The summed E-state index contributed by atoms with van der Waals surface area (Å²) in [5.41, 5.74) is 1.32. The summed E-state index contributed by atoms with van der Waals surface area (Å²) >= 11 is 0. The van der Waals surface area contributed by atoms with Gasteiger partial charge >= 0.3 is 0 Å². The van der Waals surface area contributed by atoms with Crippen LogP contribution < -0.4 is 10.1 Å². The first-order valence-corrected chi connectivity index (χ1v) is 8.43. The maximum absolute atomic E-state index is 11.1. The van der Waals surface area contributed by atoms with Crippen molar-refractivity contribution >= 4 is 10.8 Å². The molecule has 0 amide bonds. The van der Waals surface area contributed by atoms with Gasteiger partial charge in [-0.15, -0.1) is 0 Å². The highest BCUT2D eigenvalue weighted by atomic mass is 32.2. The zero-order valence-electron chi connectivity index (χ0n) is 12.3. The lowest BCUT2D eigenvalue weighted by atomic mass is 10.1. The van der Waals surface area contributed by atoms with Crippen LogP contribution in [0.1, 0.15) is 25.8 Å². The third-order valence-electron chi connectivity index (χ3n) is 3.08. The highest BCUT2D eigenvalue weighted by molar-refractivity contribution is 7.84. The monoisotopic (exact) mass is 283 g/mol. The molecule has 1 rings (SSSR count). The van der Waals surface area contributed by atoms with Crippen LogP contribution in [0, 0.1) is 0 Å². The van der Waals surface area contributed by atoms with E-state index in [1.54, 1.807) is 13.4 Å². The summed E-state index contributed by atoms with van der Waals surface area (Å²) < 4.78 is 16.3. The summed E-state index contributed by atoms with van der Waals surface area (Å²) in [6.07, 6.45) is 3.87. The Morgan fingerprint density at radius 3 is 2.37 bits per heavy atom. The van der Waals surface area contributed by atoms with Crippen LogP contribution in [0.4, 0.5) is 0 Å². The highest BCUT2D eigenvalue weighted by Crippen LogP contribution is 2.13. The molecule has 0 fully saturated rings. The Balaban J connectivity index is 2.32. The van der Waals surface area contributed by atoms with E-state index in [-0.39, 0.29) is 0 Å². The van der Waals surface area contributed by atoms with Crippen LogP contribution in [0.2, 0.25) is 0 Å². The minimum absolute atomic E-state index is 0.303. The lowest BCUT2D eigenvalue weighted by Gasteiger charge is -2.19. The van der Waals surface area contributed by atoms with E-state index in [1.165, 1.54) is 5.56 Å². The number of aryl methyl sites for hydroxylation is 1. The average molecular weight is 283 g/mol. The molecule has 1 aromatic rings. The molecule has 0 saturated heterocycles. The number of hydrogen-bond donors (Lipinski definition) is 1. The highest BCUT2D eigenvalue weighted by Gasteiger charge is 2.08. The number of methoxy groups -OCH3 is 1. The normalized spacial score (nSPS) is 15.8. The van der Waals surface area contributed by atoms with E-state index in [1.807, 2.05) is 12.1 Å². The van der Waals surface area contributed by atoms with Gasteiger partial charge in [-0.2, -0.15) is 0 Å². The summed E-state index contributed by atoms with van der Waals surface area (Å²) in [6, 6.07) is 8.94. The predicted molar refractivity (Wildman–Crippen MR) is 82.3 cm³/mol. The molecule has 0 aliphatic carbocycles. The van der Waals surface area contributed by atoms with Crippen LogP contribution >= 0.6 is 0 Å². The molecule has 0 bridgehead atoms. The van der Waals surface area contributed by atoms with Crippen molar-refractivity contribution in [1.82, 2.24) is 5.32 Å². The van der Waals surface area contributed by atoms with E-state index in [2.05, 4.69) is 31.3 Å². The van der Waals surface area contributed by atoms with Gasteiger partial charge in [-0.3, -0.25) is 4.21 Å². The van der Waals surface area contributed by atoms with Gasteiger partial charge in [-0.1, -0.05) is 12.1 Å². The molecule has 1 aromatic carbocycles. The first-order valence-electron chi connectivity index (χ1n) is 6.70. The summed E-state index contributed by atoms with van der Waals surface area (Å²) in [5.74, 6) is 1.61.